The summed E-state index contributed by atoms with van der Waals surface area (Å²) in [6.45, 7) is 4.11. The largest absolute Gasteiger partial charge is 0.322 e. The van der Waals surface area contributed by atoms with Crippen molar-refractivity contribution in [3.63, 3.8) is 0 Å². The Kier molecular flexibility index (Phi) is 8.57. The zero-order valence-corrected chi connectivity index (χ0v) is 27.6. The van der Waals surface area contributed by atoms with Gasteiger partial charge in [0.2, 0.25) is 0 Å². The van der Waals surface area contributed by atoms with E-state index in [1.807, 2.05) is 67.7 Å². The number of hydrogen-bond acceptors (Lipinski definition) is 5. The van der Waals surface area contributed by atoms with Gasteiger partial charge in [0.15, 0.2) is 0 Å². The van der Waals surface area contributed by atoms with Gasteiger partial charge >= 0.3 is 0 Å². The number of nitrogens with one attached hydrogen (secondary N) is 1. The minimum Gasteiger partial charge on any atom is -0.322 e. The van der Waals surface area contributed by atoms with Crippen LogP contribution in [0.1, 0.15) is 50.3 Å². The molecule has 0 unspecified atom stereocenters. The molecular weight excluding hydrogens is 617 g/mol. The highest BCUT2D eigenvalue weighted by molar-refractivity contribution is 7.16. The molecule has 238 valence electrons. The van der Waals surface area contributed by atoms with Gasteiger partial charge in [-0.05, 0) is 97.7 Å². The van der Waals surface area contributed by atoms with E-state index in [0.717, 1.165) is 76.3 Å². The molecule has 1 N–H and O–H groups in total. The number of carbonyl (C=O) groups is 1. The third kappa shape index (κ3) is 6.10. The van der Waals surface area contributed by atoms with Crippen molar-refractivity contribution in [3.8, 4) is 28.2 Å². The molecule has 7 rings (SSSR count). The number of non-ortho nitro benzene ring substituents is 1. The van der Waals surface area contributed by atoms with Crippen LogP contribution >= 0.6 is 11.3 Å². The molecule has 0 atom stereocenters. The van der Waals surface area contributed by atoms with Crippen molar-refractivity contribution >= 4 is 39.8 Å². The zero-order valence-electron chi connectivity index (χ0n) is 26.8. The van der Waals surface area contributed by atoms with Gasteiger partial charge in [-0.25, -0.2) is 4.99 Å². The molecule has 0 aliphatic heterocycles. The van der Waals surface area contributed by atoms with Crippen molar-refractivity contribution in [2.45, 2.75) is 39.5 Å². The Bertz CT molecular complexity index is 2160. The van der Waals surface area contributed by atoms with Crippen LogP contribution < -0.4 is 5.32 Å². The highest BCUT2D eigenvalue weighted by Crippen LogP contribution is 2.41. The molecule has 0 saturated heterocycles. The number of benzene rings is 4. The van der Waals surface area contributed by atoms with Crippen LogP contribution in [0.15, 0.2) is 114 Å². The maximum absolute atomic E-state index is 13.9. The third-order valence-corrected chi connectivity index (χ3v) is 10.1. The van der Waals surface area contributed by atoms with Gasteiger partial charge in [0, 0.05) is 40.2 Å². The van der Waals surface area contributed by atoms with Crippen molar-refractivity contribution in [1.82, 2.24) is 4.57 Å². The van der Waals surface area contributed by atoms with Crippen LogP contribution in [0.5, 0.6) is 0 Å². The fourth-order valence-corrected chi connectivity index (χ4v) is 7.58. The van der Waals surface area contributed by atoms with Gasteiger partial charge in [-0.2, -0.15) is 0 Å². The Morgan fingerprint density at radius 1 is 0.854 bits per heavy atom. The molecule has 1 amide bonds. The Labute approximate surface area is 283 Å². The summed E-state index contributed by atoms with van der Waals surface area (Å²) in [4.78, 5) is 31.3. The maximum atomic E-state index is 13.9. The van der Waals surface area contributed by atoms with E-state index in [2.05, 4.69) is 47.1 Å². The Hall–Kier alpha value is -5.60. The summed E-state index contributed by atoms with van der Waals surface area (Å²) in [6, 6.07) is 34.8. The van der Waals surface area contributed by atoms with E-state index in [4.69, 9.17) is 4.99 Å². The predicted octanol–water partition coefficient (Wildman–Crippen LogP) is 10.3. The lowest BCUT2D eigenvalue weighted by molar-refractivity contribution is -0.384. The lowest BCUT2D eigenvalue weighted by atomic mass is 9.95. The van der Waals surface area contributed by atoms with Crippen molar-refractivity contribution in [3.05, 3.63) is 152 Å². The summed E-state index contributed by atoms with van der Waals surface area (Å²) in [5.41, 5.74) is 10.3. The molecular formula is C40H34N4O3S. The number of nitro groups is 1. The Balaban J connectivity index is 1.38. The van der Waals surface area contributed by atoms with E-state index in [1.54, 1.807) is 23.5 Å². The Morgan fingerprint density at radius 3 is 2.23 bits per heavy atom. The van der Waals surface area contributed by atoms with E-state index in [0.29, 0.717) is 10.6 Å². The number of thiophene rings is 1. The number of hydrogen-bond donors (Lipinski definition) is 1. The molecule has 8 heteroatoms. The van der Waals surface area contributed by atoms with Crippen LogP contribution in [0.25, 0.3) is 28.2 Å². The van der Waals surface area contributed by atoms with E-state index in [-0.39, 0.29) is 16.5 Å². The predicted molar refractivity (Wildman–Crippen MR) is 195 cm³/mol. The van der Waals surface area contributed by atoms with E-state index in [1.165, 1.54) is 22.6 Å². The molecule has 48 heavy (non-hydrogen) atoms. The molecule has 0 saturated carbocycles. The zero-order chi connectivity index (χ0) is 33.2. The lowest BCUT2D eigenvalue weighted by Crippen LogP contribution is -2.15. The summed E-state index contributed by atoms with van der Waals surface area (Å²) in [7, 11) is 0. The third-order valence-electron chi connectivity index (χ3n) is 8.93. The van der Waals surface area contributed by atoms with Crippen molar-refractivity contribution < 1.29 is 9.72 Å². The average molecular weight is 651 g/mol. The van der Waals surface area contributed by atoms with Gasteiger partial charge in [0.1, 0.15) is 5.00 Å². The van der Waals surface area contributed by atoms with Crippen LogP contribution in [0.4, 0.5) is 16.4 Å². The van der Waals surface area contributed by atoms with Gasteiger partial charge in [0.25, 0.3) is 11.6 Å². The summed E-state index contributed by atoms with van der Waals surface area (Å²) < 4.78 is 2.13. The smallest absolute Gasteiger partial charge is 0.269 e. The lowest BCUT2D eigenvalue weighted by Gasteiger charge is -2.15. The highest BCUT2D eigenvalue weighted by atomic mass is 32.1. The van der Waals surface area contributed by atoms with Gasteiger partial charge < -0.3 is 9.88 Å². The van der Waals surface area contributed by atoms with Crippen molar-refractivity contribution in [1.29, 1.82) is 0 Å². The highest BCUT2D eigenvalue weighted by Gasteiger charge is 2.26. The van der Waals surface area contributed by atoms with Gasteiger partial charge in [0.05, 0.1) is 21.9 Å². The number of nitro benzene ring substituents is 1. The number of aryl methyl sites for hydroxylation is 3. The monoisotopic (exact) mass is 650 g/mol. The number of anilines is 1. The molecule has 0 radical (unpaired) electrons. The van der Waals surface area contributed by atoms with Crippen LogP contribution in [-0.2, 0) is 12.8 Å². The van der Waals surface area contributed by atoms with Crippen LogP contribution in [-0.4, -0.2) is 21.6 Å². The molecule has 6 aromatic rings. The summed E-state index contributed by atoms with van der Waals surface area (Å²) in [6.07, 6.45) is 5.82. The second-order valence-corrected chi connectivity index (χ2v) is 13.2. The van der Waals surface area contributed by atoms with E-state index in [9.17, 15) is 14.9 Å². The Morgan fingerprint density at radius 2 is 1.54 bits per heavy atom. The van der Waals surface area contributed by atoms with E-state index >= 15 is 0 Å². The van der Waals surface area contributed by atoms with Gasteiger partial charge in [-0.3, -0.25) is 14.9 Å². The molecule has 7 nitrogen and oxygen atoms in total. The topological polar surface area (TPSA) is 89.5 Å². The van der Waals surface area contributed by atoms with Crippen LogP contribution in [0, 0.1) is 24.0 Å². The SMILES string of the molecule is Cc1ccc(NC(=O)c2c(N=Cc3cc(-c4ccccc4)n(-c4ccc([N+](=O)[O-])cc4)c3-c3ccccc3)sc3c2CCCC3)cc1C. The average Bonchev–Trinajstić information content (AvgIpc) is 3.68. The summed E-state index contributed by atoms with van der Waals surface area (Å²) >= 11 is 1.61. The van der Waals surface area contributed by atoms with E-state index < -0.39 is 0 Å². The maximum Gasteiger partial charge on any atom is 0.269 e. The first-order valence-electron chi connectivity index (χ1n) is 16.1. The quantitative estimate of drug-likeness (QED) is 0.101. The number of aliphatic imine (C=N–C) groups is 1. The van der Waals surface area contributed by atoms with Crippen LogP contribution in [0.3, 0.4) is 0 Å². The van der Waals surface area contributed by atoms with Crippen molar-refractivity contribution in [2.75, 3.05) is 5.32 Å². The standard InChI is InChI=1S/C40H34N4O3S/c1-26-17-18-31(23-27(26)2)42-39(45)37-34-15-9-10-16-36(34)48-40(37)41-25-30-24-35(28-11-5-3-6-12-28)43(38(30)29-13-7-4-8-14-29)32-19-21-33(22-20-32)44(46)47/h3-8,11-14,17-25H,9-10,15-16H2,1-2H3,(H,42,45). The number of amides is 1. The van der Waals surface area contributed by atoms with Gasteiger partial charge in [-0.15, -0.1) is 11.3 Å². The first-order chi connectivity index (χ1) is 23.4. The second-order valence-electron chi connectivity index (χ2n) is 12.1. The molecule has 2 heterocycles. The molecule has 0 bridgehead atoms. The number of rotatable bonds is 8. The second kappa shape index (κ2) is 13.3. The fourth-order valence-electron chi connectivity index (χ4n) is 6.35. The minimum atomic E-state index is -0.387. The fraction of sp³-hybridized carbons (Fsp3) is 0.150. The van der Waals surface area contributed by atoms with Gasteiger partial charge in [-0.1, -0.05) is 66.7 Å². The molecule has 1 aliphatic carbocycles. The molecule has 4 aromatic carbocycles. The molecule has 0 fully saturated rings. The molecule has 0 spiro atoms. The number of nitrogens with zero attached hydrogens (tertiary/aromatic N) is 3. The summed E-state index contributed by atoms with van der Waals surface area (Å²) in [5.74, 6) is -0.137. The first-order valence-corrected chi connectivity index (χ1v) is 16.9. The first kappa shape index (κ1) is 31.0. The number of fused-ring (bicyclic) bond motifs is 1. The number of aromatic nitrogens is 1. The molecule has 1 aliphatic rings. The normalized spacial score (nSPS) is 12.6. The number of carbonyl (C=O) groups excluding carboxylic acids is 1. The van der Waals surface area contributed by atoms with Crippen molar-refractivity contribution in [2.24, 2.45) is 4.99 Å². The van der Waals surface area contributed by atoms with Crippen LogP contribution in [0.2, 0.25) is 0 Å². The molecule has 2 aromatic heterocycles. The summed E-state index contributed by atoms with van der Waals surface area (Å²) in [5, 5.41) is 15.3. The minimum absolute atomic E-state index is 0.0310.